The summed E-state index contributed by atoms with van der Waals surface area (Å²) in [7, 11) is 0. The molecule has 3 N–H and O–H groups in total. The van der Waals surface area contributed by atoms with Crippen molar-refractivity contribution in [2.45, 2.75) is 32.2 Å². The Bertz CT molecular complexity index is 578. The lowest BCUT2D eigenvalue weighted by Crippen LogP contribution is -2.39. The molecule has 5 nitrogen and oxygen atoms in total. The number of aromatic carboxylic acids is 1. The van der Waals surface area contributed by atoms with Gasteiger partial charge in [-0.25, -0.2) is 18.4 Å². The Kier molecular flexibility index (Phi) is 4.40. The Morgan fingerprint density at radius 1 is 1.24 bits per heavy atom. The Balaban J connectivity index is 2.13. The molecule has 2 amide bonds. The van der Waals surface area contributed by atoms with Gasteiger partial charge >= 0.3 is 12.0 Å². The summed E-state index contributed by atoms with van der Waals surface area (Å²) in [6.07, 6.45) is 2.87. The molecule has 1 aliphatic carbocycles. The van der Waals surface area contributed by atoms with E-state index in [0.29, 0.717) is 18.1 Å². The SMILES string of the molecule is CC1CCCC1NC(=O)Nc1cc(F)c(F)cc1C(=O)O. The summed E-state index contributed by atoms with van der Waals surface area (Å²) in [5.41, 5.74) is -0.770. The number of rotatable bonds is 3. The maximum Gasteiger partial charge on any atom is 0.337 e. The first-order valence-electron chi connectivity index (χ1n) is 6.68. The number of carboxylic acid groups (broad SMARTS) is 1. The molecule has 2 rings (SSSR count). The molecule has 0 aliphatic heterocycles. The van der Waals surface area contributed by atoms with Crippen LogP contribution in [0.15, 0.2) is 12.1 Å². The fraction of sp³-hybridized carbons (Fsp3) is 0.429. The standard InChI is InChI=1S/C14H16F2N2O3/c1-7-3-2-4-11(7)17-14(21)18-12-6-10(16)9(15)5-8(12)13(19)20/h5-7,11H,2-4H2,1H3,(H,19,20)(H2,17,18,21). The van der Waals surface area contributed by atoms with Crippen LogP contribution in [0.3, 0.4) is 0 Å². The normalized spacial score (nSPS) is 21.1. The Morgan fingerprint density at radius 3 is 2.48 bits per heavy atom. The number of benzene rings is 1. The molecule has 1 aliphatic rings. The summed E-state index contributed by atoms with van der Waals surface area (Å²) < 4.78 is 26.3. The molecular weight excluding hydrogens is 282 g/mol. The highest BCUT2D eigenvalue weighted by Gasteiger charge is 2.25. The van der Waals surface area contributed by atoms with Crippen molar-refractivity contribution >= 4 is 17.7 Å². The summed E-state index contributed by atoms with van der Waals surface area (Å²) in [5, 5.41) is 13.9. The van der Waals surface area contributed by atoms with Crippen molar-refractivity contribution in [3.8, 4) is 0 Å². The predicted octanol–water partition coefficient (Wildman–Crippen LogP) is 2.97. The van der Waals surface area contributed by atoms with E-state index >= 15 is 0 Å². The molecule has 1 aromatic rings. The molecule has 0 bridgehead atoms. The van der Waals surface area contributed by atoms with Gasteiger partial charge in [0, 0.05) is 12.1 Å². The molecule has 2 atom stereocenters. The van der Waals surface area contributed by atoms with Crippen LogP contribution >= 0.6 is 0 Å². The van der Waals surface area contributed by atoms with Crippen LogP contribution in [-0.2, 0) is 0 Å². The number of anilines is 1. The van der Waals surface area contributed by atoms with Crippen LogP contribution in [-0.4, -0.2) is 23.1 Å². The van der Waals surface area contributed by atoms with Gasteiger partial charge in [0.05, 0.1) is 11.3 Å². The molecule has 0 spiro atoms. The summed E-state index contributed by atoms with van der Waals surface area (Å²) in [6.45, 7) is 2.01. The van der Waals surface area contributed by atoms with Gasteiger partial charge in [-0.05, 0) is 24.8 Å². The van der Waals surface area contributed by atoms with Crippen LogP contribution in [0.4, 0.5) is 19.3 Å². The highest BCUT2D eigenvalue weighted by atomic mass is 19.2. The number of amides is 2. The van der Waals surface area contributed by atoms with Gasteiger partial charge < -0.3 is 15.7 Å². The molecule has 0 radical (unpaired) electrons. The highest BCUT2D eigenvalue weighted by molar-refractivity contribution is 6.00. The summed E-state index contributed by atoms with van der Waals surface area (Å²) in [5.74, 6) is -3.61. The van der Waals surface area contributed by atoms with Gasteiger partial charge in [-0.1, -0.05) is 13.3 Å². The lowest BCUT2D eigenvalue weighted by molar-refractivity contribution is 0.0697. The molecule has 21 heavy (non-hydrogen) atoms. The number of nitrogens with one attached hydrogen (secondary N) is 2. The van der Waals surface area contributed by atoms with E-state index in [4.69, 9.17) is 5.11 Å². The van der Waals surface area contributed by atoms with Crippen molar-refractivity contribution in [3.63, 3.8) is 0 Å². The zero-order valence-corrected chi connectivity index (χ0v) is 11.5. The third kappa shape index (κ3) is 3.48. The minimum atomic E-state index is -1.45. The molecule has 7 heteroatoms. The van der Waals surface area contributed by atoms with Gasteiger partial charge in [-0.2, -0.15) is 0 Å². The lowest BCUT2D eigenvalue weighted by atomic mass is 10.1. The van der Waals surface area contributed by atoms with Gasteiger partial charge in [-0.3, -0.25) is 0 Å². The third-order valence-corrected chi connectivity index (χ3v) is 3.72. The van der Waals surface area contributed by atoms with Crippen LogP contribution in [0.2, 0.25) is 0 Å². The fourth-order valence-corrected chi connectivity index (χ4v) is 2.51. The van der Waals surface area contributed by atoms with Crippen LogP contribution < -0.4 is 10.6 Å². The molecule has 1 aromatic carbocycles. The number of carboxylic acids is 1. The lowest BCUT2D eigenvalue weighted by Gasteiger charge is -2.18. The minimum Gasteiger partial charge on any atom is -0.478 e. The van der Waals surface area contributed by atoms with Crippen molar-refractivity contribution in [1.82, 2.24) is 5.32 Å². The van der Waals surface area contributed by atoms with E-state index in [1.165, 1.54) is 0 Å². The summed E-state index contributed by atoms with van der Waals surface area (Å²) >= 11 is 0. The maximum atomic E-state index is 13.2. The number of carbonyl (C=O) groups excluding carboxylic acids is 1. The monoisotopic (exact) mass is 298 g/mol. The molecular formula is C14H16F2N2O3. The number of hydrogen-bond donors (Lipinski definition) is 3. The first kappa shape index (κ1) is 15.2. The van der Waals surface area contributed by atoms with E-state index in [2.05, 4.69) is 10.6 Å². The number of hydrogen-bond acceptors (Lipinski definition) is 2. The second kappa shape index (κ2) is 6.07. The van der Waals surface area contributed by atoms with Gasteiger partial charge in [0.15, 0.2) is 11.6 Å². The van der Waals surface area contributed by atoms with E-state index in [1.54, 1.807) is 0 Å². The number of carbonyl (C=O) groups is 2. The van der Waals surface area contributed by atoms with Crippen molar-refractivity contribution < 1.29 is 23.5 Å². The van der Waals surface area contributed by atoms with Crippen molar-refractivity contribution in [2.75, 3.05) is 5.32 Å². The van der Waals surface area contributed by atoms with Crippen molar-refractivity contribution in [1.29, 1.82) is 0 Å². The largest absolute Gasteiger partial charge is 0.478 e. The quantitative estimate of drug-likeness (QED) is 0.802. The smallest absolute Gasteiger partial charge is 0.337 e. The fourth-order valence-electron chi connectivity index (χ4n) is 2.51. The Labute approximate surface area is 120 Å². The van der Waals surface area contributed by atoms with Gasteiger partial charge in [0.2, 0.25) is 0 Å². The number of urea groups is 1. The molecule has 114 valence electrons. The predicted molar refractivity (Wildman–Crippen MR) is 72.3 cm³/mol. The van der Waals surface area contributed by atoms with Crippen LogP contribution in [0.1, 0.15) is 36.5 Å². The van der Waals surface area contributed by atoms with Gasteiger partial charge in [0.25, 0.3) is 0 Å². The van der Waals surface area contributed by atoms with E-state index < -0.39 is 29.2 Å². The van der Waals surface area contributed by atoms with E-state index in [9.17, 15) is 18.4 Å². The van der Waals surface area contributed by atoms with Crippen molar-refractivity contribution in [3.05, 3.63) is 29.3 Å². The van der Waals surface area contributed by atoms with Gasteiger partial charge in [0.1, 0.15) is 0 Å². The molecule has 2 unspecified atom stereocenters. The molecule has 1 fully saturated rings. The zero-order valence-electron chi connectivity index (χ0n) is 11.5. The average molecular weight is 298 g/mol. The van der Waals surface area contributed by atoms with E-state index in [0.717, 1.165) is 19.3 Å². The minimum absolute atomic E-state index is 0.00331. The summed E-state index contributed by atoms with van der Waals surface area (Å²) in [4.78, 5) is 22.9. The van der Waals surface area contributed by atoms with Gasteiger partial charge in [-0.15, -0.1) is 0 Å². The Morgan fingerprint density at radius 2 is 1.90 bits per heavy atom. The highest BCUT2D eigenvalue weighted by Crippen LogP contribution is 2.25. The number of halogens is 2. The first-order valence-corrected chi connectivity index (χ1v) is 6.68. The molecule has 1 saturated carbocycles. The molecule has 0 saturated heterocycles. The van der Waals surface area contributed by atoms with Crippen LogP contribution in [0.25, 0.3) is 0 Å². The van der Waals surface area contributed by atoms with Crippen LogP contribution in [0.5, 0.6) is 0 Å². The van der Waals surface area contributed by atoms with E-state index in [-0.39, 0.29) is 11.7 Å². The topological polar surface area (TPSA) is 78.4 Å². The average Bonchev–Trinajstić information content (AvgIpc) is 2.78. The Hall–Kier alpha value is -2.18. The van der Waals surface area contributed by atoms with Crippen molar-refractivity contribution in [2.24, 2.45) is 5.92 Å². The second-order valence-electron chi connectivity index (χ2n) is 5.23. The van der Waals surface area contributed by atoms with Crippen LogP contribution in [0, 0.1) is 17.6 Å². The second-order valence-corrected chi connectivity index (χ2v) is 5.23. The zero-order chi connectivity index (χ0) is 15.6. The molecule has 0 aromatic heterocycles. The molecule has 0 heterocycles. The third-order valence-electron chi connectivity index (χ3n) is 3.72. The maximum absolute atomic E-state index is 13.2. The first-order chi connectivity index (χ1) is 9.88. The summed E-state index contributed by atoms with van der Waals surface area (Å²) in [6, 6.07) is 0.591. The van der Waals surface area contributed by atoms with E-state index in [1.807, 2.05) is 6.92 Å².